The highest BCUT2D eigenvalue weighted by atomic mass is 16.5. The average Bonchev–Trinajstić information content (AvgIpc) is 3.14. The molecule has 1 saturated heterocycles. The zero-order valence-electron chi connectivity index (χ0n) is 11.4. The molecule has 2 aromatic carbocycles. The fourth-order valence-corrected chi connectivity index (χ4v) is 3.47. The Hall–Kier alpha value is -1.64. The maximum atomic E-state index is 6.08. The molecule has 0 unspecified atom stereocenters. The Bertz CT molecular complexity index is 593. The Labute approximate surface area is 119 Å². The zero-order chi connectivity index (χ0) is 13.4. The number of hydrogen-bond acceptors (Lipinski definition) is 2. The minimum atomic E-state index is 0.160. The summed E-state index contributed by atoms with van der Waals surface area (Å²) in [7, 11) is 0. The van der Waals surface area contributed by atoms with Gasteiger partial charge in [0.2, 0.25) is 0 Å². The van der Waals surface area contributed by atoms with Crippen LogP contribution in [0.2, 0.25) is 0 Å². The molecule has 4 rings (SSSR count). The van der Waals surface area contributed by atoms with Crippen molar-refractivity contribution in [1.82, 2.24) is 0 Å². The highest BCUT2D eigenvalue weighted by Gasteiger charge is 2.40. The average molecular weight is 266 g/mol. The van der Waals surface area contributed by atoms with Gasteiger partial charge in [-0.1, -0.05) is 54.6 Å². The first-order valence-corrected chi connectivity index (χ1v) is 7.29. The normalized spacial score (nSPS) is 28.5. The molecule has 0 amide bonds. The van der Waals surface area contributed by atoms with Crippen LogP contribution < -0.4 is 0 Å². The molecule has 2 heterocycles. The number of ether oxygens (including phenoxy) is 2. The first-order valence-electron chi connectivity index (χ1n) is 7.29. The predicted molar refractivity (Wildman–Crippen MR) is 77.2 cm³/mol. The molecule has 20 heavy (non-hydrogen) atoms. The van der Waals surface area contributed by atoms with Gasteiger partial charge in [0.05, 0.1) is 18.8 Å². The third-order valence-corrected chi connectivity index (χ3v) is 4.43. The van der Waals surface area contributed by atoms with Crippen LogP contribution in [0.5, 0.6) is 0 Å². The molecule has 0 saturated carbocycles. The van der Waals surface area contributed by atoms with Gasteiger partial charge in [0.25, 0.3) is 0 Å². The summed E-state index contributed by atoms with van der Waals surface area (Å²) in [4.78, 5) is 0. The number of fused-ring (bicyclic) bond motifs is 1. The van der Waals surface area contributed by atoms with E-state index < -0.39 is 0 Å². The molecule has 0 radical (unpaired) electrons. The van der Waals surface area contributed by atoms with Crippen molar-refractivity contribution in [3.63, 3.8) is 0 Å². The highest BCUT2D eigenvalue weighted by molar-refractivity contribution is 5.33. The number of hydrogen-bond donors (Lipinski definition) is 0. The van der Waals surface area contributed by atoms with E-state index in [9.17, 15) is 0 Å². The Balaban J connectivity index is 1.66. The van der Waals surface area contributed by atoms with Gasteiger partial charge in [0.15, 0.2) is 0 Å². The van der Waals surface area contributed by atoms with Crippen molar-refractivity contribution >= 4 is 0 Å². The molecule has 2 heteroatoms. The summed E-state index contributed by atoms with van der Waals surface area (Å²) >= 11 is 0. The van der Waals surface area contributed by atoms with Crippen LogP contribution in [-0.4, -0.2) is 6.61 Å². The van der Waals surface area contributed by atoms with Crippen LogP contribution in [0, 0.1) is 5.92 Å². The summed E-state index contributed by atoms with van der Waals surface area (Å²) in [6, 6.07) is 19.1. The SMILES string of the molecule is c1ccc([C@H]2OCC[C@@H]2[C@@H]2OCc3ccccc32)cc1. The van der Waals surface area contributed by atoms with Gasteiger partial charge in [-0.25, -0.2) is 0 Å². The topological polar surface area (TPSA) is 18.5 Å². The van der Waals surface area contributed by atoms with Crippen LogP contribution in [0.4, 0.5) is 0 Å². The van der Waals surface area contributed by atoms with E-state index in [1.54, 1.807) is 0 Å². The van der Waals surface area contributed by atoms with Crippen molar-refractivity contribution < 1.29 is 9.47 Å². The molecule has 0 aliphatic carbocycles. The van der Waals surface area contributed by atoms with Crippen LogP contribution in [0.25, 0.3) is 0 Å². The maximum absolute atomic E-state index is 6.08. The highest BCUT2D eigenvalue weighted by Crippen LogP contribution is 2.47. The van der Waals surface area contributed by atoms with Crippen LogP contribution in [0.1, 0.15) is 35.3 Å². The second kappa shape index (κ2) is 5.04. The van der Waals surface area contributed by atoms with Crippen molar-refractivity contribution in [2.75, 3.05) is 6.61 Å². The van der Waals surface area contributed by atoms with E-state index in [1.165, 1.54) is 16.7 Å². The molecule has 2 aliphatic heterocycles. The third kappa shape index (κ3) is 1.96. The fraction of sp³-hybridized carbons (Fsp3) is 0.333. The second-order valence-corrected chi connectivity index (χ2v) is 5.59. The van der Waals surface area contributed by atoms with Gasteiger partial charge in [-0.2, -0.15) is 0 Å². The third-order valence-electron chi connectivity index (χ3n) is 4.43. The maximum Gasteiger partial charge on any atom is 0.0890 e. The van der Waals surface area contributed by atoms with Crippen molar-refractivity contribution in [2.24, 2.45) is 5.92 Å². The second-order valence-electron chi connectivity index (χ2n) is 5.59. The van der Waals surface area contributed by atoms with Gasteiger partial charge in [0, 0.05) is 12.5 Å². The molecule has 0 N–H and O–H groups in total. The standard InChI is InChI=1S/C18H18O2/c1-2-6-13(7-3-1)17-16(10-11-19-17)18-15-9-5-4-8-14(15)12-20-18/h1-9,16-18H,10-12H2/t16-,17+,18+/m0/s1. The van der Waals surface area contributed by atoms with Crippen LogP contribution >= 0.6 is 0 Å². The Kier molecular flexibility index (Phi) is 3.06. The summed E-state index contributed by atoms with van der Waals surface area (Å²) in [5.74, 6) is 0.418. The van der Waals surface area contributed by atoms with E-state index >= 15 is 0 Å². The lowest BCUT2D eigenvalue weighted by atomic mass is 9.86. The molecule has 2 aromatic rings. The molecule has 2 nitrogen and oxygen atoms in total. The zero-order valence-corrected chi connectivity index (χ0v) is 11.4. The van der Waals surface area contributed by atoms with E-state index in [0.29, 0.717) is 5.92 Å². The molecule has 0 aromatic heterocycles. The van der Waals surface area contributed by atoms with E-state index in [1.807, 2.05) is 0 Å². The van der Waals surface area contributed by atoms with Crippen molar-refractivity contribution in [3.8, 4) is 0 Å². The molecule has 3 atom stereocenters. The Morgan fingerprint density at radius 3 is 2.50 bits per heavy atom. The smallest absolute Gasteiger partial charge is 0.0890 e. The molecule has 1 fully saturated rings. The number of rotatable bonds is 2. The van der Waals surface area contributed by atoms with Gasteiger partial charge in [0.1, 0.15) is 0 Å². The largest absolute Gasteiger partial charge is 0.373 e. The summed E-state index contributed by atoms with van der Waals surface area (Å²) in [5.41, 5.74) is 3.95. The van der Waals surface area contributed by atoms with Crippen LogP contribution in [0.3, 0.4) is 0 Å². The van der Waals surface area contributed by atoms with Crippen molar-refractivity contribution in [1.29, 1.82) is 0 Å². The molecule has 102 valence electrons. The van der Waals surface area contributed by atoms with Crippen molar-refractivity contribution in [2.45, 2.75) is 25.2 Å². The van der Waals surface area contributed by atoms with E-state index in [0.717, 1.165) is 19.6 Å². The Morgan fingerprint density at radius 2 is 1.60 bits per heavy atom. The Morgan fingerprint density at radius 1 is 0.800 bits per heavy atom. The van der Waals surface area contributed by atoms with Crippen LogP contribution in [0.15, 0.2) is 54.6 Å². The van der Waals surface area contributed by atoms with E-state index in [4.69, 9.17) is 9.47 Å². The van der Waals surface area contributed by atoms with Gasteiger partial charge in [-0.05, 0) is 23.1 Å². The lowest BCUT2D eigenvalue weighted by Crippen LogP contribution is -2.16. The number of benzene rings is 2. The fourth-order valence-electron chi connectivity index (χ4n) is 3.47. The molecule has 0 bridgehead atoms. The van der Waals surface area contributed by atoms with Gasteiger partial charge < -0.3 is 9.47 Å². The monoisotopic (exact) mass is 266 g/mol. The molecule has 0 spiro atoms. The first kappa shape index (κ1) is 12.1. The summed E-state index contributed by atoms with van der Waals surface area (Å²) in [6.07, 6.45) is 1.41. The predicted octanol–water partition coefficient (Wildman–Crippen LogP) is 4.04. The van der Waals surface area contributed by atoms with Gasteiger partial charge in [-0.3, -0.25) is 0 Å². The van der Waals surface area contributed by atoms with E-state index in [-0.39, 0.29) is 12.2 Å². The summed E-state index contributed by atoms with van der Waals surface area (Å²) < 4.78 is 12.1. The first-order chi connectivity index (χ1) is 9.93. The molecular formula is C18H18O2. The van der Waals surface area contributed by atoms with Crippen molar-refractivity contribution in [3.05, 3.63) is 71.3 Å². The van der Waals surface area contributed by atoms with Gasteiger partial charge >= 0.3 is 0 Å². The molecule has 2 aliphatic rings. The minimum absolute atomic E-state index is 0.160. The van der Waals surface area contributed by atoms with E-state index in [2.05, 4.69) is 54.6 Å². The lowest BCUT2D eigenvalue weighted by molar-refractivity contribution is -0.0116. The summed E-state index contributed by atoms with van der Waals surface area (Å²) in [6.45, 7) is 1.56. The molecular weight excluding hydrogens is 248 g/mol. The minimum Gasteiger partial charge on any atom is -0.373 e. The van der Waals surface area contributed by atoms with Crippen LogP contribution in [-0.2, 0) is 16.1 Å². The lowest BCUT2D eigenvalue weighted by Gasteiger charge is -2.24. The van der Waals surface area contributed by atoms with Gasteiger partial charge in [-0.15, -0.1) is 0 Å². The summed E-state index contributed by atoms with van der Waals surface area (Å²) in [5, 5.41) is 0. The quantitative estimate of drug-likeness (QED) is 0.817.